The minimum atomic E-state index is -0.299. The highest BCUT2D eigenvalue weighted by Gasteiger charge is 2.35. The van der Waals surface area contributed by atoms with Gasteiger partial charge in [0.15, 0.2) is 0 Å². The summed E-state index contributed by atoms with van der Waals surface area (Å²) in [5, 5.41) is 0.655. The Morgan fingerprint density at radius 2 is 1.88 bits per heavy atom. The van der Waals surface area contributed by atoms with E-state index in [1.807, 2.05) is 19.9 Å². The number of imide groups is 1. The summed E-state index contributed by atoms with van der Waals surface area (Å²) >= 11 is 13.0. The van der Waals surface area contributed by atoms with E-state index >= 15 is 0 Å². The first-order valence-electron chi connectivity index (χ1n) is 8.17. The molecule has 1 fully saturated rings. The number of carbonyl (C=O) groups is 2. The van der Waals surface area contributed by atoms with Gasteiger partial charge in [-0.1, -0.05) is 29.3 Å². The number of rotatable bonds is 4. The van der Waals surface area contributed by atoms with Crippen molar-refractivity contribution in [1.29, 1.82) is 0 Å². The van der Waals surface area contributed by atoms with Gasteiger partial charge in [0, 0.05) is 28.0 Å². The fourth-order valence-electron chi connectivity index (χ4n) is 3.06. The number of halogens is 2. The van der Waals surface area contributed by atoms with E-state index in [4.69, 9.17) is 23.2 Å². The Balaban J connectivity index is 1.87. The fraction of sp³-hybridized carbons (Fsp3) is 0.263. The molecule has 0 atom stereocenters. The molecule has 3 rings (SSSR count). The molecule has 1 aliphatic heterocycles. The van der Waals surface area contributed by atoms with Crippen LogP contribution < -0.4 is 0 Å². The number of hydrogen-bond donors (Lipinski definition) is 0. The Hall–Kier alpha value is -1.69. The van der Waals surface area contributed by atoms with E-state index in [0.29, 0.717) is 20.5 Å². The van der Waals surface area contributed by atoms with Crippen molar-refractivity contribution in [2.45, 2.75) is 33.9 Å². The third-order valence-electron chi connectivity index (χ3n) is 4.43. The number of aromatic nitrogens is 1. The first kappa shape index (κ1) is 19.1. The first-order chi connectivity index (χ1) is 12.3. The number of benzene rings is 1. The molecule has 0 N–H and O–H groups in total. The van der Waals surface area contributed by atoms with Gasteiger partial charge in [-0.3, -0.25) is 14.5 Å². The molecule has 26 heavy (non-hydrogen) atoms. The minimum absolute atomic E-state index is 0.131. The van der Waals surface area contributed by atoms with Crippen LogP contribution in [-0.4, -0.2) is 20.6 Å². The lowest BCUT2D eigenvalue weighted by atomic mass is 10.2. The molecule has 1 aromatic carbocycles. The van der Waals surface area contributed by atoms with Crippen LogP contribution in [0.1, 0.15) is 29.4 Å². The molecule has 0 bridgehead atoms. The molecular formula is C19H18Cl2N2O2S. The zero-order valence-electron chi connectivity index (χ0n) is 14.7. The number of hydrogen-bond acceptors (Lipinski definition) is 3. The summed E-state index contributed by atoms with van der Waals surface area (Å²) in [7, 11) is 0. The van der Waals surface area contributed by atoms with Crippen LogP contribution in [-0.2, 0) is 17.9 Å². The third kappa shape index (κ3) is 3.56. The molecule has 0 aliphatic carbocycles. The molecular weight excluding hydrogens is 391 g/mol. The molecule has 1 aromatic heterocycles. The Kier molecular flexibility index (Phi) is 5.51. The maximum absolute atomic E-state index is 12.7. The van der Waals surface area contributed by atoms with Gasteiger partial charge in [0.2, 0.25) is 0 Å². The molecule has 2 aromatic rings. The maximum atomic E-state index is 12.7. The van der Waals surface area contributed by atoms with Crippen LogP contribution >= 0.6 is 35.0 Å². The van der Waals surface area contributed by atoms with Gasteiger partial charge >= 0.3 is 0 Å². The zero-order valence-corrected chi connectivity index (χ0v) is 17.0. The second-order valence-corrected chi connectivity index (χ2v) is 7.91. The van der Waals surface area contributed by atoms with Gasteiger partial charge in [0.1, 0.15) is 0 Å². The van der Waals surface area contributed by atoms with E-state index in [-0.39, 0.29) is 17.7 Å². The van der Waals surface area contributed by atoms with Crippen molar-refractivity contribution in [3.8, 4) is 0 Å². The molecule has 0 unspecified atom stereocenters. The van der Waals surface area contributed by atoms with Gasteiger partial charge in [0.05, 0.1) is 11.4 Å². The van der Waals surface area contributed by atoms with Gasteiger partial charge < -0.3 is 4.57 Å². The predicted octanol–water partition coefficient (Wildman–Crippen LogP) is 5.67. The molecule has 1 aliphatic rings. The molecule has 2 heterocycles. The Morgan fingerprint density at radius 1 is 1.15 bits per heavy atom. The van der Waals surface area contributed by atoms with Gasteiger partial charge in [-0.25, -0.2) is 0 Å². The van der Waals surface area contributed by atoms with Crippen molar-refractivity contribution < 1.29 is 9.59 Å². The zero-order chi connectivity index (χ0) is 19.0. The molecule has 0 saturated carbocycles. The van der Waals surface area contributed by atoms with Gasteiger partial charge in [0.25, 0.3) is 11.1 Å². The van der Waals surface area contributed by atoms with Gasteiger partial charge in [-0.05, 0) is 67.9 Å². The van der Waals surface area contributed by atoms with Crippen LogP contribution in [0.4, 0.5) is 4.79 Å². The largest absolute Gasteiger partial charge is 0.349 e. The Morgan fingerprint density at radius 3 is 2.50 bits per heavy atom. The van der Waals surface area contributed by atoms with Crippen molar-refractivity contribution in [3.63, 3.8) is 0 Å². The van der Waals surface area contributed by atoms with E-state index in [1.54, 1.807) is 24.3 Å². The molecule has 2 amide bonds. The Bertz CT molecular complexity index is 934. The van der Waals surface area contributed by atoms with Crippen LogP contribution in [0.3, 0.4) is 0 Å². The number of aryl methyl sites for hydroxylation is 1. The van der Waals surface area contributed by atoms with Crippen LogP contribution in [0.2, 0.25) is 10.0 Å². The summed E-state index contributed by atoms with van der Waals surface area (Å²) < 4.78 is 2.17. The Labute approximate surface area is 166 Å². The monoisotopic (exact) mass is 408 g/mol. The smallest absolute Gasteiger partial charge is 0.293 e. The van der Waals surface area contributed by atoms with Crippen LogP contribution in [0, 0.1) is 13.8 Å². The summed E-state index contributed by atoms with van der Waals surface area (Å²) in [5.41, 5.74) is 3.85. The van der Waals surface area contributed by atoms with Crippen molar-refractivity contribution in [3.05, 3.63) is 61.7 Å². The number of amides is 2. The van der Waals surface area contributed by atoms with Crippen molar-refractivity contribution in [2.24, 2.45) is 0 Å². The summed E-state index contributed by atoms with van der Waals surface area (Å²) in [4.78, 5) is 26.7. The normalized spacial score (nSPS) is 16.2. The predicted molar refractivity (Wildman–Crippen MR) is 108 cm³/mol. The SMILES string of the molecule is CCn1c(C)cc(/C=C2\SC(=O)N(Cc3ccc(Cl)cc3Cl)C2=O)c1C. The maximum Gasteiger partial charge on any atom is 0.293 e. The average molecular weight is 409 g/mol. The van der Waals surface area contributed by atoms with Crippen LogP contribution in [0.25, 0.3) is 6.08 Å². The summed E-state index contributed by atoms with van der Waals surface area (Å²) in [5.74, 6) is -0.299. The van der Waals surface area contributed by atoms with E-state index < -0.39 is 0 Å². The highest BCUT2D eigenvalue weighted by molar-refractivity contribution is 8.18. The molecule has 7 heteroatoms. The number of nitrogens with zero attached hydrogens (tertiary/aromatic N) is 2. The van der Waals surface area contributed by atoms with Crippen LogP contribution in [0.15, 0.2) is 29.2 Å². The summed E-state index contributed by atoms with van der Waals surface area (Å²) in [6.07, 6.45) is 1.79. The average Bonchev–Trinajstić information content (AvgIpc) is 3.00. The molecule has 0 spiro atoms. The lowest BCUT2D eigenvalue weighted by Gasteiger charge is -2.13. The quantitative estimate of drug-likeness (QED) is 0.612. The topological polar surface area (TPSA) is 42.3 Å². The second-order valence-electron chi connectivity index (χ2n) is 6.07. The summed E-state index contributed by atoms with van der Waals surface area (Å²) in [6, 6.07) is 7.06. The van der Waals surface area contributed by atoms with Gasteiger partial charge in [-0.2, -0.15) is 0 Å². The van der Waals surface area contributed by atoms with E-state index in [2.05, 4.69) is 11.5 Å². The molecule has 1 saturated heterocycles. The molecule has 136 valence electrons. The first-order valence-corrected chi connectivity index (χ1v) is 9.75. The lowest BCUT2D eigenvalue weighted by molar-refractivity contribution is -0.123. The van der Waals surface area contributed by atoms with Crippen LogP contribution in [0.5, 0.6) is 0 Å². The third-order valence-corrected chi connectivity index (χ3v) is 5.93. The fourth-order valence-corrected chi connectivity index (χ4v) is 4.36. The minimum Gasteiger partial charge on any atom is -0.349 e. The number of thioether (sulfide) groups is 1. The van der Waals surface area contributed by atoms with E-state index in [9.17, 15) is 9.59 Å². The van der Waals surface area contributed by atoms with E-state index in [0.717, 1.165) is 35.3 Å². The van der Waals surface area contributed by atoms with E-state index in [1.165, 1.54) is 4.90 Å². The molecule has 0 radical (unpaired) electrons. The van der Waals surface area contributed by atoms with Crippen molar-refractivity contribution in [2.75, 3.05) is 0 Å². The highest BCUT2D eigenvalue weighted by Crippen LogP contribution is 2.35. The van der Waals surface area contributed by atoms with Gasteiger partial charge in [-0.15, -0.1) is 0 Å². The standard InChI is InChI=1S/C19H18Cl2N2O2S/c1-4-22-11(2)7-14(12(22)3)8-17-18(24)23(19(25)26-17)10-13-5-6-15(20)9-16(13)21/h5-9H,4,10H2,1-3H3/b17-8-. The number of carbonyl (C=O) groups excluding carboxylic acids is 2. The molecule has 4 nitrogen and oxygen atoms in total. The second kappa shape index (κ2) is 7.51. The van der Waals surface area contributed by atoms with Crippen molar-refractivity contribution in [1.82, 2.24) is 9.47 Å². The lowest BCUT2D eigenvalue weighted by Crippen LogP contribution is -2.27. The van der Waals surface area contributed by atoms with Crippen molar-refractivity contribution >= 4 is 52.2 Å². The summed E-state index contributed by atoms with van der Waals surface area (Å²) in [6.45, 7) is 7.11. The highest BCUT2D eigenvalue weighted by atomic mass is 35.5.